The Morgan fingerprint density at radius 1 is 1.06 bits per heavy atom. The van der Waals surface area contributed by atoms with Crippen LogP contribution in [0.4, 0.5) is 0 Å². The van der Waals surface area contributed by atoms with Gasteiger partial charge in [-0.2, -0.15) is 0 Å². The van der Waals surface area contributed by atoms with Crippen molar-refractivity contribution in [2.24, 2.45) is 11.8 Å². The normalized spacial score (nSPS) is 30.1. The van der Waals surface area contributed by atoms with Gasteiger partial charge < -0.3 is 15.2 Å². The third-order valence-corrected chi connectivity index (χ3v) is 3.74. The second-order valence-electron chi connectivity index (χ2n) is 4.88. The standard InChI is InChI=1S/C12H19NO4/c14-11(13-8-4-6-17-7-5-8)9-2-1-3-10(9)12(15)16/h8-10H,1-7H2,(H,13,14)(H,15,16)/t9-,10+/m1/s1. The smallest absolute Gasteiger partial charge is 0.307 e. The first kappa shape index (κ1) is 12.4. The molecule has 2 rings (SSSR count). The Labute approximate surface area is 101 Å². The van der Waals surface area contributed by atoms with Gasteiger partial charge in [0, 0.05) is 19.3 Å². The van der Waals surface area contributed by atoms with Crippen molar-refractivity contribution in [3.05, 3.63) is 0 Å². The van der Waals surface area contributed by atoms with E-state index in [-0.39, 0.29) is 17.9 Å². The van der Waals surface area contributed by atoms with E-state index in [4.69, 9.17) is 9.84 Å². The highest BCUT2D eigenvalue weighted by atomic mass is 16.5. The van der Waals surface area contributed by atoms with Crippen LogP contribution in [0.5, 0.6) is 0 Å². The molecule has 17 heavy (non-hydrogen) atoms. The Bertz CT molecular complexity index is 299. The monoisotopic (exact) mass is 241 g/mol. The average Bonchev–Trinajstić information content (AvgIpc) is 2.79. The van der Waals surface area contributed by atoms with Gasteiger partial charge >= 0.3 is 5.97 Å². The molecule has 1 saturated heterocycles. The molecule has 2 atom stereocenters. The number of rotatable bonds is 3. The molecule has 1 saturated carbocycles. The predicted octanol–water partition coefficient (Wildman–Crippen LogP) is 0.782. The van der Waals surface area contributed by atoms with Crippen molar-refractivity contribution in [3.63, 3.8) is 0 Å². The van der Waals surface area contributed by atoms with Gasteiger partial charge in [0.25, 0.3) is 0 Å². The lowest BCUT2D eigenvalue weighted by molar-refractivity contribution is -0.146. The van der Waals surface area contributed by atoms with Crippen molar-refractivity contribution in [1.82, 2.24) is 5.32 Å². The molecule has 5 heteroatoms. The maximum Gasteiger partial charge on any atom is 0.307 e. The van der Waals surface area contributed by atoms with E-state index in [1.54, 1.807) is 0 Å². The van der Waals surface area contributed by atoms with E-state index in [0.717, 1.165) is 19.3 Å². The molecule has 0 bridgehead atoms. The molecular formula is C12H19NO4. The van der Waals surface area contributed by atoms with E-state index in [1.165, 1.54) is 0 Å². The summed E-state index contributed by atoms with van der Waals surface area (Å²) in [7, 11) is 0. The van der Waals surface area contributed by atoms with Crippen LogP contribution in [-0.4, -0.2) is 36.2 Å². The van der Waals surface area contributed by atoms with Crippen molar-refractivity contribution < 1.29 is 19.4 Å². The lowest BCUT2D eigenvalue weighted by atomic mass is 9.94. The largest absolute Gasteiger partial charge is 0.481 e. The molecule has 0 aromatic rings. The molecule has 1 heterocycles. The molecule has 0 radical (unpaired) electrons. The van der Waals surface area contributed by atoms with Crippen LogP contribution >= 0.6 is 0 Å². The van der Waals surface area contributed by atoms with Gasteiger partial charge in [-0.15, -0.1) is 0 Å². The molecule has 5 nitrogen and oxygen atoms in total. The minimum atomic E-state index is -0.838. The van der Waals surface area contributed by atoms with Gasteiger partial charge in [0.2, 0.25) is 5.91 Å². The quantitative estimate of drug-likeness (QED) is 0.765. The van der Waals surface area contributed by atoms with Crippen LogP contribution in [0, 0.1) is 11.8 Å². The van der Waals surface area contributed by atoms with E-state index in [9.17, 15) is 9.59 Å². The van der Waals surface area contributed by atoms with Crippen LogP contribution in [0.1, 0.15) is 32.1 Å². The van der Waals surface area contributed by atoms with Gasteiger partial charge in [0.15, 0.2) is 0 Å². The Kier molecular flexibility index (Phi) is 3.99. The van der Waals surface area contributed by atoms with E-state index in [2.05, 4.69) is 5.32 Å². The van der Waals surface area contributed by atoms with E-state index < -0.39 is 11.9 Å². The number of carbonyl (C=O) groups is 2. The number of hydrogen-bond acceptors (Lipinski definition) is 3. The number of ether oxygens (including phenoxy) is 1. The lowest BCUT2D eigenvalue weighted by Crippen LogP contribution is -2.43. The summed E-state index contributed by atoms with van der Waals surface area (Å²) in [6.45, 7) is 1.36. The Balaban J connectivity index is 1.88. The van der Waals surface area contributed by atoms with Gasteiger partial charge in [0.05, 0.1) is 11.8 Å². The number of carboxylic acid groups (broad SMARTS) is 1. The summed E-state index contributed by atoms with van der Waals surface area (Å²) in [5.74, 6) is -1.75. The summed E-state index contributed by atoms with van der Waals surface area (Å²) in [5, 5.41) is 12.0. The fraction of sp³-hybridized carbons (Fsp3) is 0.833. The first-order chi connectivity index (χ1) is 8.18. The number of amides is 1. The molecule has 0 aromatic carbocycles. The fourth-order valence-corrected chi connectivity index (χ4v) is 2.72. The topological polar surface area (TPSA) is 75.6 Å². The minimum Gasteiger partial charge on any atom is -0.481 e. The first-order valence-corrected chi connectivity index (χ1v) is 6.29. The SMILES string of the molecule is O=C(O)[C@H]1CCC[C@H]1C(=O)NC1CCOCC1. The average molecular weight is 241 g/mol. The van der Waals surface area contributed by atoms with Crippen LogP contribution in [0.15, 0.2) is 0 Å². The van der Waals surface area contributed by atoms with Crippen molar-refractivity contribution in [3.8, 4) is 0 Å². The molecule has 0 aromatic heterocycles. The summed E-state index contributed by atoms with van der Waals surface area (Å²) < 4.78 is 5.22. The molecular weight excluding hydrogens is 222 g/mol. The van der Waals surface area contributed by atoms with Gasteiger partial charge in [-0.25, -0.2) is 0 Å². The molecule has 0 spiro atoms. The molecule has 1 aliphatic carbocycles. The maximum absolute atomic E-state index is 12.0. The molecule has 96 valence electrons. The van der Waals surface area contributed by atoms with Crippen molar-refractivity contribution in [2.45, 2.75) is 38.1 Å². The zero-order valence-corrected chi connectivity index (χ0v) is 9.85. The third kappa shape index (κ3) is 2.97. The van der Waals surface area contributed by atoms with Gasteiger partial charge in [-0.3, -0.25) is 9.59 Å². The maximum atomic E-state index is 12.0. The molecule has 0 unspecified atom stereocenters. The van der Waals surface area contributed by atoms with E-state index in [0.29, 0.717) is 26.1 Å². The van der Waals surface area contributed by atoms with Crippen LogP contribution in [-0.2, 0) is 14.3 Å². The molecule has 2 fully saturated rings. The summed E-state index contributed by atoms with van der Waals surface area (Å²) in [4.78, 5) is 23.0. The van der Waals surface area contributed by atoms with Gasteiger partial charge in [0.1, 0.15) is 0 Å². The highest BCUT2D eigenvalue weighted by Gasteiger charge is 2.38. The second-order valence-corrected chi connectivity index (χ2v) is 4.88. The third-order valence-electron chi connectivity index (χ3n) is 3.74. The number of carboxylic acids is 1. The zero-order valence-electron chi connectivity index (χ0n) is 9.85. The van der Waals surface area contributed by atoms with Crippen molar-refractivity contribution >= 4 is 11.9 Å². The van der Waals surface area contributed by atoms with Gasteiger partial charge in [-0.1, -0.05) is 6.42 Å². The second kappa shape index (κ2) is 5.49. The molecule has 2 aliphatic rings. The van der Waals surface area contributed by atoms with E-state index in [1.807, 2.05) is 0 Å². The molecule has 1 aliphatic heterocycles. The van der Waals surface area contributed by atoms with Crippen LogP contribution in [0.25, 0.3) is 0 Å². The molecule has 2 N–H and O–H groups in total. The predicted molar refractivity (Wildman–Crippen MR) is 60.5 cm³/mol. The highest BCUT2D eigenvalue weighted by Crippen LogP contribution is 2.32. The summed E-state index contributed by atoms with van der Waals surface area (Å²) in [6, 6.07) is 0.159. The highest BCUT2D eigenvalue weighted by molar-refractivity contribution is 5.85. The summed E-state index contributed by atoms with van der Waals surface area (Å²) >= 11 is 0. The Morgan fingerprint density at radius 2 is 1.71 bits per heavy atom. The zero-order chi connectivity index (χ0) is 12.3. The van der Waals surface area contributed by atoms with Crippen LogP contribution in [0.3, 0.4) is 0 Å². The fourth-order valence-electron chi connectivity index (χ4n) is 2.72. The van der Waals surface area contributed by atoms with Crippen LogP contribution < -0.4 is 5.32 Å². The number of aliphatic carboxylic acids is 1. The van der Waals surface area contributed by atoms with Crippen molar-refractivity contribution in [2.75, 3.05) is 13.2 Å². The molecule has 1 amide bonds. The van der Waals surface area contributed by atoms with Gasteiger partial charge in [-0.05, 0) is 25.7 Å². The Morgan fingerprint density at radius 3 is 2.35 bits per heavy atom. The Hall–Kier alpha value is -1.10. The number of nitrogens with one attached hydrogen (secondary N) is 1. The summed E-state index contributed by atoms with van der Waals surface area (Å²) in [5.41, 5.74) is 0. The van der Waals surface area contributed by atoms with E-state index >= 15 is 0 Å². The first-order valence-electron chi connectivity index (χ1n) is 6.29. The van der Waals surface area contributed by atoms with Crippen molar-refractivity contribution in [1.29, 1.82) is 0 Å². The van der Waals surface area contributed by atoms with Crippen LogP contribution in [0.2, 0.25) is 0 Å². The summed E-state index contributed by atoms with van der Waals surface area (Å²) in [6.07, 6.45) is 3.82. The number of carbonyl (C=O) groups excluding carboxylic acids is 1. The lowest BCUT2D eigenvalue weighted by Gasteiger charge is -2.25. The number of hydrogen-bond donors (Lipinski definition) is 2. The minimum absolute atomic E-state index is 0.0817.